The van der Waals surface area contributed by atoms with Gasteiger partial charge in [0.1, 0.15) is 5.82 Å². The summed E-state index contributed by atoms with van der Waals surface area (Å²) in [4.78, 5) is 36.8. The molecule has 1 saturated heterocycles. The van der Waals surface area contributed by atoms with Gasteiger partial charge in [0.05, 0.1) is 11.0 Å². The topological polar surface area (TPSA) is 110 Å². The van der Waals surface area contributed by atoms with Crippen LogP contribution in [-0.2, 0) is 4.79 Å². The number of carbonyl (C=O) groups is 2. The van der Waals surface area contributed by atoms with Crippen LogP contribution in [0.5, 0.6) is 0 Å². The Hall–Kier alpha value is -3.23. The van der Waals surface area contributed by atoms with E-state index in [1.165, 1.54) is 11.0 Å². The quantitative estimate of drug-likeness (QED) is 0.508. The molecule has 3 heterocycles. The van der Waals surface area contributed by atoms with Crippen molar-refractivity contribution in [3.05, 3.63) is 59.3 Å². The Morgan fingerprint density at radius 2 is 1.91 bits per heavy atom. The van der Waals surface area contributed by atoms with Gasteiger partial charge < -0.3 is 20.1 Å². The van der Waals surface area contributed by atoms with Crippen LogP contribution in [0.15, 0.2) is 42.6 Å². The van der Waals surface area contributed by atoms with Gasteiger partial charge in [-0.2, -0.15) is 0 Å². The number of carboxylic acid groups (broad SMARTS) is 1. The number of aliphatic hydroxyl groups excluding tert-OH is 1. The third kappa shape index (κ3) is 4.49. The predicted molar refractivity (Wildman–Crippen MR) is 127 cm³/mol. The van der Waals surface area contributed by atoms with E-state index >= 15 is 0 Å². The molecule has 33 heavy (non-hydrogen) atoms. The maximum atomic E-state index is 13.2. The number of H-pyrrole nitrogens is 1. The van der Waals surface area contributed by atoms with Gasteiger partial charge in [0, 0.05) is 23.9 Å². The summed E-state index contributed by atoms with van der Waals surface area (Å²) in [5.74, 6) is -0.965. The van der Waals surface area contributed by atoms with Gasteiger partial charge in [-0.05, 0) is 69.1 Å². The Morgan fingerprint density at radius 3 is 2.52 bits per heavy atom. The molecule has 1 aliphatic heterocycles. The van der Waals surface area contributed by atoms with Gasteiger partial charge in [0.2, 0.25) is 0 Å². The zero-order valence-electron chi connectivity index (χ0n) is 19.0. The van der Waals surface area contributed by atoms with Crippen molar-refractivity contribution < 1.29 is 19.8 Å². The summed E-state index contributed by atoms with van der Waals surface area (Å²) in [6.07, 6.45) is 2.10. The zero-order chi connectivity index (χ0) is 23.5. The number of carboxylic acids is 1. The van der Waals surface area contributed by atoms with E-state index in [1.807, 2.05) is 19.2 Å². The minimum absolute atomic E-state index is 0.207. The number of amides is 1. The molecular formula is C25H30N4O4. The normalized spacial score (nSPS) is 16.1. The maximum Gasteiger partial charge on any atom is 0.337 e. The number of rotatable bonds is 7. The van der Waals surface area contributed by atoms with Crippen LogP contribution in [0.4, 0.5) is 5.82 Å². The first kappa shape index (κ1) is 22.9. The average Bonchev–Trinajstić information content (AvgIpc) is 3.28. The van der Waals surface area contributed by atoms with Crippen molar-refractivity contribution in [2.45, 2.75) is 38.7 Å². The molecule has 1 amide bonds. The van der Waals surface area contributed by atoms with Crippen LogP contribution < -0.4 is 4.90 Å². The summed E-state index contributed by atoms with van der Waals surface area (Å²) in [6, 6.07) is 10.4. The Kier molecular flexibility index (Phi) is 6.76. The first-order valence-corrected chi connectivity index (χ1v) is 11.5. The second-order valence-electron chi connectivity index (χ2n) is 8.40. The van der Waals surface area contributed by atoms with Crippen LogP contribution in [0.1, 0.15) is 60.2 Å². The number of likely N-dealkylation sites (tertiary alicyclic amines) is 1. The molecule has 8 nitrogen and oxygen atoms in total. The van der Waals surface area contributed by atoms with Gasteiger partial charge >= 0.3 is 5.97 Å². The van der Waals surface area contributed by atoms with E-state index in [1.54, 1.807) is 24.3 Å². The number of aliphatic carboxylic acids is 1. The van der Waals surface area contributed by atoms with E-state index in [2.05, 4.69) is 16.8 Å². The highest BCUT2D eigenvalue weighted by Gasteiger charge is 2.28. The standard InChI is InChI=1S/C25H30N4O4/c1-3-28-12-10-16(11-13-28)19-15-26-21-18(23(30)25(32)33)14-20(27-22(19)21)29(4-2)24(31)17-8-6-5-7-9-17/h5-9,14-16,23,26,30H,3-4,10-13H2,1-2H3,(H,32,33). The van der Waals surface area contributed by atoms with Crippen molar-refractivity contribution in [2.75, 3.05) is 31.1 Å². The summed E-state index contributed by atoms with van der Waals surface area (Å²) in [5.41, 5.74) is 2.85. The Balaban J connectivity index is 1.81. The number of aliphatic hydroxyl groups is 1. The second-order valence-corrected chi connectivity index (χ2v) is 8.40. The Morgan fingerprint density at radius 1 is 1.21 bits per heavy atom. The van der Waals surface area contributed by atoms with Crippen LogP contribution in [0.25, 0.3) is 11.0 Å². The lowest BCUT2D eigenvalue weighted by atomic mass is 9.90. The van der Waals surface area contributed by atoms with Crippen molar-refractivity contribution in [3.8, 4) is 0 Å². The van der Waals surface area contributed by atoms with E-state index in [4.69, 9.17) is 4.98 Å². The number of hydrogen-bond donors (Lipinski definition) is 3. The number of pyridine rings is 1. The van der Waals surface area contributed by atoms with Crippen LogP contribution in [0, 0.1) is 0 Å². The van der Waals surface area contributed by atoms with Crippen LogP contribution in [0.3, 0.4) is 0 Å². The van der Waals surface area contributed by atoms with Crippen molar-refractivity contribution >= 4 is 28.7 Å². The molecule has 1 aliphatic rings. The van der Waals surface area contributed by atoms with E-state index < -0.39 is 12.1 Å². The van der Waals surface area contributed by atoms with Crippen molar-refractivity contribution in [1.82, 2.24) is 14.9 Å². The van der Waals surface area contributed by atoms with E-state index in [-0.39, 0.29) is 17.4 Å². The number of piperidine rings is 1. The highest BCUT2D eigenvalue weighted by Crippen LogP contribution is 2.36. The molecule has 1 atom stereocenters. The van der Waals surface area contributed by atoms with Crippen LogP contribution >= 0.6 is 0 Å². The van der Waals surface area contributed by atoms with Gasteiger partial charge in [-0.1, -0.05) is 25.1 Å². The smallest absolute Gasteiger partial charge is 0.337 e. The lowest BCUT2D eigenvalue weighted by molar-refractivity contribution is -0.146. The molecule has 4 rings (SSSR count). The largest absolute Gasteiger partial charge is 0.479 e. The highest BCUT2D eigenvalue weighted by molar-refractivity contribution is 6.06. The first-order chi connectivity index (χ1) is 15.9. The number of hydrogen-bond acceptors (Lipinski definition) is 5. The van der Waals surface area contributed by atoms with Gasteiger partial charge in [-0.15, -0.1) is 0 Å². The Bertz CT molecular complexity index is 1140. The number of aromatic nitrogens is 2. The fourth-order valence-corrected chi connectivity index (χ4v) is 4.63. The fraction of sp³-hybridized carbons (Fsp3) is 0.400. The fourth-order valence-electron chi connectivity index (χ4n) is 4.63. The second kappa shape index (κ2) is 9.72. The van der Waals surface area contributed by atoms with E-state index in [0.29, 0.717) is 29.0 Å². The number of aromatic amines is 1. The summed E-state index contributed by atoms with van der Waals surface area (Å²) >= 11 is 0. The molecule has 8 heteroatoms. The molecule has 0 bridgehead atoms. The molecule has 0 radical (unpaired) electrons. The molecule has 3 aromatic rings. The molecule has 0 aliphatic carbocycles. The molecule has 0 saturated carbocycles. The van der Waals surface area contributed by atoms with E-state index in [0.717, 1.165) is 38.0 Å². The van der Waals surface area contributed by atoms with Crippen LogP contribution in [0.2, 0.25) is 0 Å². The van der Waals surface area contributed by atoms with E-state index in [9.17, 15) is 19.8 Å². The summed E-state index contributed by atoms with van der Waals surface area (Å²) in [7, 11) is 0. The molecule has 1 fully saturated rings. The lowest BCUT2D eigenvalue weighted by Crippen LogP contribution is -2.32. The molecular weight excluding hydrogens is 420 g/mol. The summed E-state index contributed by atoms with van der Waals surface area (Å²) in [6.45, 7) is 7.35. The number of anilines is 1. The monoisotopic (exact) mass is 450 g/mol. The summed E-state index contributed by atoms with van der Waals surface area (Å²) < 4.78 is 0. The Labute approximate surface area is 192 Å². The third-order valence-corrected chi connectivity index (χ3v) is 6.54. The third-order valence-electron chi connectivity index (χ3n) is 6.54. The zero-order valence-corrected chi connectivity index (χ0v) is 19.0. The average molecular weight is 451 g/mol. The van der Waals surface area contributed by atoms with Gasteiger partial charge in [-0.3, -0.25) is 9.69 Å². The van der Waals surface area contributed by atoms with Crippen LogP contribution in [-0.4, -0.2) is 63.1 Å². The minimum Gasteiger partial charge on any atom is -0.479 e. The number of carbonyl (C=O) groups excluding carboxylic acids is 1. The first-order valence-electron chi connectivity index (χ1n) is 11.5. The summed E-state index contributed by atoms with van der Waals surface area (Å²) in [5, 5.41) is 20.0. The van der Waals surface area contributed by atoms with Crippen molar-refractivity contribution in [2.24, 2.45) is 0 Å². The lowest BCUT2D eigenvalue weighted by Gasteiger charge is -2.30. The molecule has 1 aromatic carbocycles. The SMILES string of the molecule is CCN1CCC(c2c[nH]c3c(C(O)C(=O)O)cc(N(CC)C(=O)c4ccccc4)nc23)CC1. The predicted octanol–water partition coefficient (Wildman–Crippen LogP) is 3.55. The molecule has 174 valence electrons. The number of nitrogens with one attached hydrogen (secondary N) is 1. The van der Waals surface area contributed by atoms with Gasteiger partial charge in [0.25, 0.3) is 5.91 Å². The molecule has 2 aromatic heterocycles. The van der Waals surface area contributed by atoms with Gasteiger partial charge in [0.15, 0.2) is 6.10 Å². The molecule has 1 unspecified atom stereocenters. The highest BCUT2D eigenvalue weighted by atomic mass is 16.4. The maximum absolute atomic E-state index is 13.2. The van der Waals surface area contributed by atoms with Gasteiger partial charge in [-0.25, -0.2) is 9.78 Å². The molecule has 0 spiro atoms. The van der Waals surface area contributed by atoms with Crippen molar-refractivity contribution in [1.29, 1.82) is 0 Å². The minimum atomic E-state index is -1.73. The molecule has 3 N–H and O–H groups in total. The van der Waals surface area contributed by atoms with Crippen molar-refractivity contribution in [3.63, 3.8) is 0 Å². The number of benzene rings is 1. The number of nitrogens with zero attached hydrogens (tertiary/aromatic N) is 3. The number of fused-ring (bicyclic) bond motifs is 1.